The molecule has 0 aromatic heterocycles. The molecule has 0 aliphatic heterocycles. The lowest BCUT2D eigenvalue weighted by Crippen LogP contribution is -2.04. The first-order chi connectivity index (χ1) is 8.09. The maximum atomic E-state index is 13.4. The highest BCUT2D eigenvalue weighted by Gasteiger charge is 2.14. The number of rotatable bonds is 2. The molecule has 0 bridgehead atoms. The molecule has 2 aromatic carbocycles. The van der Waals surface area contributed by atoms with E-state index in [9.17, 15) is 13.6 Å². The van der Waals surface area contributed by atoms with E-state index in [0.717, 1.165) is 6.07 Å². The van der Waals surface area contributed by atoms with E-state index in [4.69, 9.17) is 11.6 Å². The molecule has 0 unspecified atom stereocenters. The SMILES string of the molecule is O=C(c1ccc(F)c(Cl)c1)c1ccccc1F. The number of hydrogen-bond acceptors (Lipinski definition) is 1. The molecule has 0 N–H and O–H groups in total. The normalized spacial score (nSPS) is 10.3. The lowest BCUT2D eigenvalue weighted by Gasteiger charge is -2.03. The van der Waals surface area contributed by atoms with E-state index in [-0.39, 0.29) is 16.1 Å². The van der Waals surface area contributed by atoms with Crippen molar-refractivity contribution in [1.82, 2.24) is 0 Å². The first kappa shape index (κ1) is 11.7. The van der Waals surface area contributed by atoms with E-state index in [2.05, 4.69) is 0 Å². The van der Waals surface area contributed by atoms with Gasteiger partial charge in [-0.3, -0.25) is 4.79 Å². The molecular weight excluding hydrogens is 246 g/mol. The van der Waals surface area contributed by atoms with Gasteiger partial charge in [0.25, 0.3) is 0 Å². The summed E-state index contributed by atoms with van der Waals surface area (Å²) in [5.41, 5.74) is 0.0941. The predicted octanol–water partition coefficient (Wildman–Crippen LogP) is 3.85. The molecule has 0 aliphatic carbocycles. The second-order valence-corrected chi connectivity index (χ2v) is 3.85. The van der Waals surface area contributed by atoms with Gasteiger partial charge >= 0.3 is 0 Å². The van der Waals surface area contributed by atoms with Gasteiger partial charge in [-0.2, -0.15) is 0 Å². The molecule has 0 aliphatic rings. The number of hydrogen-bond donors (Lipinski definition) is 0. The van der Waals surface area contributed by atoms with Crippen molar-refractivity contribution in [2.45, 2.75) is 0 Å². The van der Waals surface area contributed by atoms with Gasteiger partial charge in [-0.1, -0.05) is 23.7 Å². The van der Waals surface area contributed by atoms with Crippen LogP contribution >= 0.6 is 11.6 Å². The fourth-order valence-electron chi connectivity index (χ4n) is 1.44. The Labute approximate surface area is 102 Å². The van der Waals surface area contributed by atoms with Crippen molar-refractivity contribution in [3.63, 3.8) is 0 Å². The topological polar surface area (TPSA) is 17.1 Å². The molecule has 2 rings (SSSR count). The van der Waals surface area contributed by atoms with Gasteiger partial charge in [0.15, 0.2) is 5.78 Å². The Morgan fingerprint density at radius 2 is 1.71 bits per heavy atom. The quantitative estimate of drug-likeness (QED) is 0.742. The van der Waals surface area contributed by atoms with Crippen molar-refractivity contribution < 1.29 is 13.6 Å². The summed E-state index contributed by atoms with van der Waals surface area (Å²) in [4.78, 5) is 11.9. The van der Waals surface area contributed by atoms with Crippen molar-refractivity contribution in [3.8, 4) is 0 Å². The highest BCUT2D eigenvalue weighted by molar-refractivity contribution is 6.31. The summed E-state index contributed by atoms with van der Waals surface area (Å²) in [5, 5.41) is -0.160. The molecule has 1 nitrogen and oxygen atoms in total. The van der Waals surface area contributed by atoms with Crippen molar-refractivity contribution in [2.75, 3.05) is 0 Å². The average Bonchev–Trinajstić information content (AvgIpc) is 2.32. The number of carbonyl (C=O) groups excluding carboxylic acids is 1. The number of benzene rings is 2. The minimum absolute atomic E-state index is 0.0600. The molecular formula is C13H7ClF2O. The third-order valence-corrected chi connectivity index (χ3v) is 2.59. The predicted molar refractivity (Wildman–Crippen MR) is 61.2 cm³/mol. The Bertz CT molecular complexity index is 581. The monoisotopic (exact) mass is 252 g/mol. The van der Waals surface area contributed by atoms with Gasteiger partial charge in [0, 0.05) is 5.56 Å². The lowest BCUT2D eigenvalue weighted by atomic mass is 10.0. The zero-order chi connectivity index (χ0) is 12.4. The highest BCUT2D eigenvalue weighted by Crippen LogP contribution is 2.19. The summed E-state index contributed by atoms with van der Waals surface area (Å²) in [7, 11) is 0. The van der Waals surface area contributed by atoms with E-state index in [0.29, 0.717) is 0 Å². The van der Waals surface area contributed by atoms with Gasteiger partial charge in [0.2, 0.25) is 0 Å². The van der Waals surface area contributed by atoms with E-state index >= 15 is 0 Å². The Morgan fingerprint density at radius 3 is 2.35 bits per heavy atom. The van der Waals surface area contributed by atoms with Gasteiger partial charge in [0.1, 0.15) is 11.6 Å². The molecule has 0 atom stereocenters. The molecule has 4 heteroatoms. The fraction of sp³-hybridized carbons (Fsp3) is 0. The van der Waals surface area contributed by atoms with Crippen molar-refractivity contribution >= 4 is 17.4 Å². The Hall–Kier alpha value is -1.74. The minimum Gasteiger partial charge on any atom is -0.288 e. The molecule has 86 valence electrons. The van der Waals surface area contributed by atoms with Crippen molar-refractivity contribution in [1.29, 1.82) is 0 Å². The molecule has 0 amide bonds. The number of ketones is 1. The van der Waals surface area contributed by atoms with E-state index in [1.54, 1.807) is 6.07 Å². The Balaban J connectivity index is 2.44. The number of carbonyl (C=O) groups is 1. The standard InChI is InChI=1S/C13H7ClF2O/c14-10-7-8(5-6-12(10)16)13(17)9-3-1-2-4-11(9)15/h1-7H. The number of halogens is 3. The summed E-state index contributed by atoms with van der Waals surface area (Å²) in [5.74, 6) is -1.75. The van der Waals surface area contributed by atoms with Gasteiger partial charge in [0.05, 0.1) is 10.6 Å². The van der Waals surface area contributed by atoms with Crippen LogP contribution in [-0.4, -0.2) is 5.78 Å². The maximum Gasteiger partial charge on any atom is 0.196 e. The minimum atomic E-state index is -0.614. The molecule has 17 heavy (non-hydrogen) atoms. The summed E-state index contributed by atoms with van der Waals surface area (Å²) in [6, 6.07) is 9.15. The Kier molecular flexibility index (Phi) is 3.20. The van der Waals surface area contributed by atoms with Crippen molar-refractivity contribution in [3.05, 3.63) is 70.2 Å². The van der Waals surface area contributed by atoms with Gasteiger partial charge in [-0.25, -0.2) is 8.78 Å². The van der Waals surface area contributed by atoms with Crippen LogP contribution in [-0.2, 0) is 0 Å². The molecule has 0 fully saturated rings. The first-order valence-corrected chi connectivity index (χ1v) is 5.21. The van der Waals surface area contributed by atoms with Crippen LogP contribution in [0.2, 0.25) is 5.02 Å². The average molecular weight is 253 g/mol. The summed E-state index contributed by atoms with van der Waals surface area (Å²) >= 11 is 5.56. The molecule has 0 spiro atoms. The fourth-order valence-corrected chi connectivity index (χ4v) is 1.62. The molecule has 2 aromatic rings. The zero-order valence-electron chi connectivity index (χ0n) is 8.58. The van der Waals surface area contributed by atoms with Crippen LogP contribution in [0.1, 0.15) is 15.9 Å². The van der Waals surface area contributed by atoms with Crippen LogP contribution in [0.5, 0.6) is 0 Å². The molecule has 0 saturated carbocycles. The Morgan fingerprint density at radius 1 is 1.00 bits per heavy atom. The summed E-state index contributed by atoms with van der Waals surface area (Å²) < 4.78 is 26.3. The lowest BCUT2D eigenvalue weighted by molar-refractivity contribution is 0.103. The highest BCUT2D eigenvalue weighted by atomic mass is 35.5. The van der Waals surface area contributed by atoms with Crippen LogP contribution in [0.4, 0.5) is 8.78 Å². The largest absolute Gasteiger partial charge is 0.288 e. The third kappa shape index (κ3) is 2.34. The van der Waals surface area contributed by atoms with Gasteiger partial charge in [-0.15, -0.1) is 0 Å². The zero-order valence-corrected chi connectivity index (χ0v) is 9.34. The second kappa shape index (κ2) is 4.63. The maximum absolute atomic E-state index is 13.4. The first-order valence-electron chi connectivity index (χ1n) is 4.84. The molecule has 0 saturated heterocycles. The summed E-state index contributed by atoms with van der Waals surface area (Å²) in [6.45, 7) is 0. The molecule has 0 radical (unpaired) electrons. The van der Waals surface area contributed by atoms with Crippen LogP contribution in [0.25, 0.3) is 0 Å². The van der Waals surface area contributed by atoms with Crippen LogP contribution < -0.4 is 0 Å². The van der Waals surface area contributed by atoms with Crippen molar-refractivity contribution in [2.24, 2.45) is 0 Å². The van der Waals surface area contributed by atoms with Crippen LogP contribution in [0.3, 0.4) is 0 Å². The van der Waals surface area contributed by atoms with E-state index < -0.39 is 17.4 Å². The van der Waals surface area contributed by atoms with E-state index in [1.807, 2.05) is 0 Å². The molecule has 0 heterocycles. The van der Waals surface area contributed by atoms with Gasteiger partial charge < -0.3 is 0 Å². The summed E-state index contributed by atoms with van der Waals surface area (Å²) in [6.07, 6.45) is 0. The smallest absolute Gasteiger partial charge is 0.196 e. The second-order valence-electron chi connectivity index (χ2n) is 3.44. The van der Waals surface area contributed by atoms with E-state index in [1.165, 1.54) is 30.3 Å². The van der Waals surface area contributed by atoms with Crippen LogP contribution in [0, 0.1) is 11.6 Å². The third-order valence-electron chi connectivity index (χ3n) is 2.30. The van der Waals surface area contributed by atoms with Crippen LogP contribution in [0.15, 0.2) is 42.5 Å². The van der Waals surface area contributed by atoms with Gasteiger partial charge in [-0.05, 0) is 30.3 Å².